The zero-order valence-electron chi connectivity index (χ0n) is 10.2. The van der Waals surface area contributed by atoms with Crippen LogP contribution in [0.5, 0.6) is 0 Å². The molecule has 0 aromatic rings. The van der Waals surface area contributed by atoms with Crippen LogP contribution in [0.3, 0.4) is 0 Å². The minimum atomic E-state index is -0.929. The fourth-order valence-corrected chi connectivity index (χ4v) is 2.79. The Morgan fingerprint density at radius 1 is 1.31 bits per heavy atom. The van der Waals surface area contributed by atoms with Gasteiger partial charge in [-0.15, -0.1) is 0 Å². The fraction of sp³-hybridized carbons (Fsp3) is 0.923. The molecule has 3 atom stereocenters. The lowest BCUT2D eigenvalue weighted by molar-refractivity contribution is -0.178. The highest BCUT2D eigenvalue weighted by atomic mass is 16.5. The molecule has 1 N–H and O–H groups in total. The molecule has 0 spiro atoms. The predicted molar refractivity (Wildman–Crippen MR) is 61.3 cm³/mol. The lowest BCUT2D eigenvalue weighted by Gasteiger charge is -2.34. The summed E-state index contributed by atoms with van der Waals surface area (Å²) in [5.74, 6) is 0.131. The van der Waals surface area contributed by atoms with Gasteiger partial charge in [-0.25, -0.2) is 4.79 Å². The number of hydrogen-bond donors (Lipinski definition) is 1. The van der Waals surface area contributed by atoms with Gasteiger partial charge in [0, 0.05) is 0 Å². The van der Waals surface area contributed by atoms with Crippen molar-refractivity contribution < 1.29 is 14.6 Å². The molecule has 3 unspecified atom stereocenters. The van der Waals surface area contributed by atoms with Crippen molar-refractivity contribution in [3.8, 4) is 0 Å². The first-order chi connectivity index (χ1) is 7.52. The van der Waals surface area contributed by atoms with Crippen LogP contribution in [0.1, 0.15) is 52.4 Å². The summed E-state index contributed by atoms with van der Waals surface area (Å²) in [5, 5.41) is 9.31. The van der Waals surface area contributed by atoms with Crippen molar-refractivity contribution >= 4 is 5.97 Å². The summed E-state index contributed by atoms with van der Waals surface area (Å²) in [5.41, 5.74) is -0.929. The molecule has 3 heteroatoms. The van der Waals surface area contributed by atoms with Crippen molar-refractivity contribution in [2.45, 2.75) is 64.1 Å². The third-order valence-corrected chi connectivity index (χ3v) is 4.08. The second-order valence-corrected chi connectivity index (χ2v) is 5.70. The van der Waals surface area contributed by atoms with Gasteiger partial charge < -0.3 is 9.84 Å². The molecular formula is C13H22O3. The van der Waals surface area contributed by atoms with Gasteiger partial charge in [-0.2, -0.15) is 0 Å². The van der Waals surface area contributed by atoms with Crippen molar-refractivity contribution in [3.63, 3.8) is 0 Å². The maximum absolute atomic E-state index is 11.3. The fourth-order valence-electron chi connectivity index (χ4n) is 2.79. The van der Waals surface area contributed by atoms with Crippen LogP contribution < -0.4 is 0 Å². The first kappa shape index (κ1) is 11.9. The molecule has 0 radical (unpaired) electrons. The third kappa shape index (κ3) is 2.40. The second kappa shape index (κ2) is 4.36. The zero-order chi connectivity index (χ0) is 11.8. The largest absolute Gasteiger partial charge is 0.479 e. The molecule has 0 aromatic carbocycles. The quantitative estimate of drug-likeness (QED) is 0.801. The van der Waals surface area contributed by atoms with Gasteiger partial charge in [-0.1, -0.05) is 19.8 Å². The number of rotatable bonds is 4. The van der Waals surface area contributed by atoms with Gasteiger partial charge in [0.1, 0.15) is 0 Å². The van der Waals surface area contributed by atoms with E-state index in [1.165, 1.54) is 12.8 Å². The van der Waals surface area contributed by atoms with Crippen LogP contribution in [0.25, 0.3) is 0 Å². The van der Waals surface area contributed by atoms with E-state index in [-0.39, 0.29) is 12.0 Å². The van der Waals surface area contributed by atoms with E-state index < -0.39 is 11.6 Å². The van der Waals surface area contributed by atoms with Crippen molar-refractivity contribution in [1.82, 2.24) is 0 Å². The molecule has 0 amide bonds. The van der Waals surface area contributed by atoms with Crippen LogP contribution in [-0.4, -0.2) is 22.8 Å². The summed E-state index contributed by atoms with van der Waals surface area (Å²) in [6, 6.07) is 0. The van der Waals surface area contributed by atoms with Crippen LogP contribution in [0.4, 0.5) is 0 Å². The lowest BCUT2D eigenvalue weighted by atomic mass is 9.88. The molecule has 2 saturated carbocycles. The van der Waals surface area contributed by atoms with Crippen molar-refractivity contribution in [2.75, 3.05) is 0 Å². The Morgan fingerprint density at radius 3 is 2.50 bits per heavy atom. The van der Waals surface area contributed by atoms with Crippen molar-refractivity contribution in [3.05, 3.63) is 0 Å². The SMILES string of the molecule is CC1CCCC(OC(C)(C(=O)O)C2CC2)C1. The van der Waals surface area contributed by atoms with Crippen LogP contribution in [0, 0.1) is 11.8 Å². The highest BCUT2D eigenvalue weighted by Crippen LogP contribution is 2.44. The van der Waals surface area contributed by atoms with E-state index in [0.29, 0.717) is 5.92 Å². The van der Waals surface area contributed by atoms with E-state index in [1.54, 1.807) is 6.92 Å². The molecule has 0 saturated heterocycles. The maximum atomic E-state index is 11.3. The van der Waals surface area contributed by atoms with E-state index in [9.17, 15) is 9.90 Å². The van der Waals surface area contributed by atoms with Gasteiger partial charge in [0.25, 0.3) is 0 Å². The highest BCUT2D eigenvalue weighted by molar-refractivity contribution is 5.78. The molecule has 2 aliphatic carbocycles. The Morgan fingerprint density at radius 2 is 2.00 bits per heavy atom. The molecule has 16 heavy (non-hydrogen) atoms. The Hall–Kier alpha value is -0.570. The topological polar surface area (TPSA) is 46.5 Å². The zero-order valence-corrected chi connectivity index (χ0v) is 10.2. The molecule has 0 heterocycles. The van der Waals surface area contributed by atoms with Crippen LogP contribution >= 0.6 is 0 Å². The minimum Gasteiger partial charge on any atom is -0.479 e. The first-order valence-electron chi connectivity index (χ1n) is 6.43. The maximum Gasteiger partial charge on any atom is 0.335 e. The summed E-state index contributed by atoms with van der Waals surface area (Å²) < 4.78 is 5.94. The van der Waals surface area contributed by atoms with Gasteiger partial charge in [0.05, 0.1) is 6.10 Å². The van der Waals surface area contributed by atoms with Gasteiger partial charge in [-0.3, -0.25) is 0 Å². The van der Waals surface area contributed by atoms with Crippen LogP contribution in [0.15, 0.2) is 0 Å². The number of aliphatic carboxylic acids is 1. The van der Waals surface area contributed by atoms with Gasteiger partial charge >= 0.3 is 5.97 Å². The molecule has 0 aromatic heterocycles. The predicted octanol–water partition coefficient (Wildman–Crippen LogP) is 2.84. The Bertz CT molecular complexity index is 272. The summed E-state index contributed by atoms with van der Waals surface area (Å²) in [6.45, 7) is 3.98. The van der Waals surface area contributed by atoms with Crippen LogP contribution in [-0.2, 0) is 9.53 Å². The first-order valence-corrected chi connectivity index (χ1v) is 6.43. The molecule has 3 nitrogen and oxygen atoms in total. The Balaban J connectivity index is 1.97. The Labute approximate surface area is 97.2 Å². The van der Waals surface area contributed by atoms with Gasteiger partial charge in [0.2, 0.25) is 0 Å². The standard InChI is InChI=1S/C13H22O3/c1-9-4-3-5-11(8-9)16-13(2,12(14)15)10-6-7-10/h9-11H,3-8H2,1-2H3,(H,14,15). The van der Waals surface area contributed by atoms with E-state index in [4.69, 9.17) is 4.74 Å². The van der Waals surface area contributed by atoms with E-state index in [2.05, 4.69) is 6.92 Å². The number of carbonyl (C=O) groups is 1. The molecule has 0 bridgehead atoms. The number of hydrogen-bond acceptors (Lipinski definition) is 2. The molecule has 2 fully saturated rings. The molecular weight excluding hydrogens is 204 g/mol. The van der Waals surface area contributed by atoms with E-state index in [1.807, 2.05) is 0 Å². The average molecular weight is 226 g/mol. The van der Waals surface area contributed by atoms with Gasteiger partial charge in [0.15, 0.2) is 5.60 Å². The van der Waals surface area contributed by atoms with E-state index in [0.717, 1.165) is 25.7 Å². The third-order valence-electron chi connectivity index (χ3n) is 4.08. The number of ether oxygens (including phenoxy) is 1. The van der Waals surface area contributed by atoms with E-state index >= 15 is 0 Å². The number of carboxylic acid groups (broad SMARTS) is 1. The summed E-state index contributed by atoms with van der Waals surface area (Å²) in [4.78, 5) is 11.3. The second-order valence-electron chi connectivity index (χ2n) is 5.70. The summed E-state index contributed by atoms with van der Waals surface area (Å²) in [6.07, 6.45) is 6.65. The highest BCUT2D eigenvalue weighted by Gasteiger charge is 2.50. The Kier molecular flexibility index (Phi) is 3.24. The summed E-state index contributed by atoms with van der Waals surface area (Å²) in [7, 11) is 0. The average Bonchev–Trinajstić information content (AvgIpc) is 3.00. The minimum absolute atomic E-state index is 0.158. The molecule has 2 aliphatic rings. The smallest absolute Gasteiger partial charge is 0.335 e. The van der Waals surface area contributed by atoms with Gasteiger partial charge in [-0.05, 0) is 44.4 Å². The summed E-state index contributed by atoms with van der Waals surface area (Å²) >= 11 is 0. The molecule has 0 aliphatic heterocycles. The lowest BCUT2D eigenvalue weighted by Crippen LogP contribution is -2.44. The number of carboxylic acids is 1. The normalized spacial score (nSPS) is 34.4. The molecule has 2 rings (SSSR count). The van der Waals surface area contributed by atoms with Crippen LogP contribution in [0.2, 0.25) is 0 Å². The molecule has 92 valence electrons. The monoisotopic (exact) mass is 226 g/mol. The van der Waals surface area contributed by atoms with Crippen molar-refractivity contribution in [1.29, 1.82) is 0 Å². The van der Waals surface area contributed by atoms with Crippen molar-refractivity contribution in [2.24, 2.45) is 11.8 Å².